The fourth-order valence-corrected chi connectivity index (χ4v) is 3.85. The maximum absolute atomic E-state index is 11.9. The van der Waals surface area contributed by atoms with Crippen molar-refractivity contribution >= 4 is 10.0 Å². The Labute approximate surface area is 100 Å². The third-order valence-corrected chi connectivity index (χ3v) is 5.82. The lowest BCUT2D eigenvalue weighted by Crippen LogP contribution is -2.41. The van der Waals surface area contributed by atoms with Crippen LogP contribution in [0.25, 0.3) is 0 Å². The quantitative estimate of drug-likeness (QED) is 0.766. The number of nitrogens with zero attached hydrogens (tertiary/aromatic N) is 1. The Kier molecular flexibility index (Phi) is 4.41. The van der Waals surface area contributed by atoms with Crippen molar-refractivity contribution in [1.82, 2.24) is 4.31 Å². The van der Waals surface area contributed by atoms with Gasteiger partial charge in [0.15, 0.2) is 0 Å². The van der Waals surface area contributed by atoms with Gasteiger partial charge in [-0.3, -0.25) is 0 Å². The minimum absolute atomic E-state index is 0.226. The number of hydrogen-bond acceptors (Lipinski definition) is 2. The van der Waals surface area contributed by atoms with Crippen molar-refractivity contribution in [2.24, 2.45) is 5.41 Å². The van der Waals surface area contributed by atoms with Crippen molar-refractivity contribution in [3.8, 4) is 0 Å². The van der Waals surface area contributed by atoms with E-state index in [4.69, 9.17) is 0 Å². The second-order valence-electron chi connectivity index (χ2n) is 5.73. The molecule has 0 aromatic heterocycles. The van der Waals surface area contributed by atoms with Crippen LogP contribution in [-0.4, -0.2) is 31.6 Å². The van der Waals surface area contributed by atoms with Gasteiger partial charge in [-0.1, -0.05) is 20.8 Å². The van der Waals surface area contributed by atoms with Gasteiger partial charge in [-0.25, -0.2) is 12.7 Å². The van der Waals surface area contributed by atoms with Crippen LogP contribution >= 0.6 is 0 Å². The molecule has 0 heterocycles. The molecule has 1 aliphatic carbocycles. The van der Waals surface area contributed by atoms with Crippen LogP contribution in [0.15, 0.2) is 0 Å². The summed E-state index contributed by atoms with van der Waals surface area (Å²) < 4.78 is 25.5. The van der Waals surface area contributed by atoms with Gasteiger partial charge in [0.2, 0.25) is 10.0 Å². The maximum Gasteiger partial charge on any atom is 0.214 e. The molecule has 16 heavy (non-hydrogen) atoms. The first kappa shape index (κ1) is 14.0. The van der Waals surface area contributed by atoms with Crippen LogP contribution < -0.4 is 0 Å². The monoisotopic (exact) mass is 247 g/mol. The molecule has 0 aromatic carbocycles. The second-order valence-corrected chi connectivity index (χ2v) is 7.88. The molecule has 1 rings (SSSR count). The van der Waals surface area contributed by atoms with Crippen LogP contribution in [-0.2, 0) is 10.0 Å². The van der Waals surface area contributed by atoms with Gasteiger partial charge in [-0.15, -0.1) is 0 Å². The van der Waals surface area contributed by atoms with Crippen molar-refractivity contribution in [3.05, 3.63) is 0 Å². The van der Waals surface area contributed by atoms with Crippen molar-refractivity contribution < 1.29 is 8.42 Å². The average Bonchev–Trinajstić information content (AvgIpc) is 2.16. The molecule has 0 N–H and O–H groups in total. The van der Waals surface area contributed by atoms with Crippen molar-refractivity contribution in [2.75, 3.05) is 12.8 Å². The Bertz CT molecular complexity index is 312. The Morgan fingerprint density at radius 2 is 1.75 bits per heavy atom. The highest BCUT2D eigenvalue weighted by Crippen LogP contribution is 2.37. The molecule has 0 bridgehead atoms. The molecule has 0 atom stereocenters. The van der Waals surface area contributed by atoms with Crippen LogP contribution in [0, 0.1) is 5.41 Å². The first-order valence-electron chi connectivity index (χ1n) is 6.24. The highest BCUT2D eigenvalue weighted by atomic mass is 32.2. The summed E-state index contributed by atoms with van der Waals surface area (Å²) in [5.41, 5.74) is 0.395. The topological polar surface area (TPSA) is 37.4 Å². The van der Waals surface area contributed by atoms with E-state index in [9.17, 15) is 8.42 Å². The molecule has 0 aliphatic heterocycles. The minimum Gasteiger partial charge on any atom is -0.212 e. The van der Waals surface area contributed by atoms with Gasteiger partial charge in [0, 0.05) is 13.1 Å². The van der Waals surface area contributed by atoms with E-state index >= 15 is 0 Å². The summed E-state index contributed by atoms with van der Waals surface area (Å²) in [4.78, 5) is 0. The largest absolute Gasteiger partial charge is 0.214 e. The summed E-state index contributed by atoms with van der Waals surface area (Å²) in [6, 6.07) is 0.226. The second kappa shape index (κ2) is 5.05. The zero-order chi connectivity index (χ0) is 12.4. The molecule has 96 valence electrons. The van der Waals surface area contributed by atoms with E-state index < -0.39 is 10.0 Å². The molecule has 0 aromatic rings. The lowest BCUT2D eigenvalue weighted by atomic mass is 9.76. The highest BCUT2D eigenvalue weighted by Gasteiger charge is 2.32. The maximum atomic E-state index is 11.9. The molecular formula is C12H25NO2S. The number of sulfonamides is 1. The molecule has 0 amide bonds. The van der Waals surface area contributed by atoms with Crippen molar-refractivity contribution in [2.45, 2.75) is 58.9 Å². The van der Waals surface area contributed by atoms with Crippen LogP contribution in [0.4, 0.5) is 0 Å². The summed E-state index contributed by atoms with van der Waals surface area (Å²) in [5.74, 6) is 0.281. The summed E-state index contributed by atoms with van der Waals surface area (Å²) in [6.45, 7) is 6.45. The van der Waals surface area contributed by atoms with E-state index in [1.54, 1.807) is 11.4 Å². The van der Waals surface area contributed by atoms with Crippen LogP contribution in [0.5, 0.6) is 0 Å². The van der Waals surface area contributed by atoms with E-state index in [1.165, 1.54) is 0 Å². The molecule has 4 heteroatoms. The molecule has 0 radical (unpaired) electrons. The molecule has 0 spiro atoms. The van der Waals surface area contributed by atoms with Crippen molar-refractivity contribution in [3.63, 3.8) is 0 Å². The van der Waals surface area contributed by atoms with Gasteiger partial charge in [-0.05, 0) is 37.5 Å². The Morgan fingerprint density at radius 1 is 1.25 bits per heavy atom. The minimum atomic E-state index is -3.01. The third kappa shape index (κ3) is 3.45. The summed E-state index contributed by atoms with van der Waals surface area (Å²) in [6.07, 6.45) is 4.97. The average molecular weight is 247 g/mol. The smallest absolute Gasteiger partial charge is 0.212 e. The first-order valence-corrected chi connectivity index (χ1v) is 7.85. The van der Waals surface area contributed by atoms with Gasteiger partial charge >= 0.3 is 0 Å². The fraction of sp³-hybridized carbons (Fsp3) is 1.00. The summed E-state index contributed by atoms with van der Waals surface area (Å²) in [7, 11) is -1.27. The number of rotatable bonds is 4. The molecule has 1 saturated carbocycles. The number of hydrogen-bond donors (Lipinski definition) is 0. The normalized spacial score (nSPS) is 22.6. The Hall–Kier alpha value is -0.0900. The lowest BCUT2D eigenvalue weighted by Gasteiger charge is -2.38. The predicted molar refractivity (Wildman–Crippen MR) is 67.9 cm³/mol. The predicted octanol–water partition coefficient (Wildman–Crippen LogP) is 2.63. The van der Waals surface area contributed by atoms with Gasteiger partial charge in [0.1, 0.15) is 0 Å². The van der Waals surface area contributed by atoms with Gasteiger partial charge in [0.05, 0.1) is 5.75 Å². The van der Waals surface area contributed by atoms with Gasteiger partial charge in [-0.2, -0.15) is 0 Å². The SMILES string of the molecule is CCCS(=O)(=O)N(C)C1CCC(C)(C)CC1. The first-order chi connectivity index (χ1) is 7.28. The van der Waals surface area contributed by atoms with Crippen LogP contribution in [0.1, 0.15) is 52.9 Å². The Morgan fingerprint density at radius 3 is 2.19 bits per heavy atom. The van der Waals surface area contributed by atoms with E-state index in [0.29, 0.717) is 11.8 Å². The van der Waals surface area contributed by atoms with Crippen molar-refractivity contribution in [1.29, 1.82) is 0 Å². The summed E-state index contributed by atoms with van der Waals surface area (Å²) in [5, 5.41) is 0. The standard InChI is InChI=1S/C12H25NO2S/c1-5-10-16(14,15)13(4)11-6-8-12(2,3)9-7-11/h11H,5-10H2,1-4H3. The van der Waals surface area contributed by atoms with Gasteiger partial charge in [0.25, 0.3) is 0 Å². The molecule has 0 unspecified atom stereocenters. The van der Waals surface area contributed by atoms with Crippen LogP contribution in [0.3, 0.4) is 0 Å². The fourth-order valence-electron chi connectivity index (χ4n) is 2.38. The van der Waals surface area contributed by atoms with E-state index in [2.05, 4.69) is 13.8 Å². The lowest BCUT2D eigenvalue weighted by molar-refractivity contribution is 0.174. The molecule has 1 fully saturated rings. The van der Waals surface area contributed by atoms with Crippen LogP contribution in [0.2, 0.25) is 0 Å². The van der Waals surface area contributed by atoms with Gasteiger partial charge < -0.3 is 0 Å². The molecule has 3 nitrogen and oxygen atoms in total. The zero-order valence-electron chi connectivity index (χ0n) is 11.0. The van der Waals surface area contributed by atoms with E-state index in [1.807, 2.05) is 6.92 Å². The Balaban J connectivity index is 2.60. The zero-order valence-corrected chi connectivity index (χ0v) is 11.8. The highest BCUT2D eigenvalue weighted by molar-refractivity contribution is 7.89. The molecular weight excluding hydrogens is 222 g/mol. The van der Waals surface area contributed by atoms with E-state index in [0.717, 1.165) is 25.7 Å². The molecule has 0 saturated heterocycles. The third-order valence-electron chi connectivity index (χ3n) is 3.72. The molecule has 1 aliphatic rings. The van der Waals surface area contributed by atoms with E-state index in [-0.39, 0.29) is 11.8 Å². The summed E-state index contributed by atoms with van der Waals surface area (Å²) >= 11 is 0.